The lowest BCUT2D eigenvalue weighted by molar-refractivity contribution is 1.50. The van der Waals surface area contributed by atoms with Crippen LogP contribution >= 0.6 is 0 Å². The van der Waals surface area contributed by atoms with Gasteiger partial charge in [-0.1, -0.05) is 63.0 Å². The van der Waals surface area contributed by atoms with Gasteiger partial charge in [-0.05, 0) is 20.8 Å². The Morgan fingerprint density at radius 2 is 1.00 bits per heavy atom. The van der Waals surface area contributed by atoms with Gasteiger partial charge in [0.2, 0.25) is 0 Å². The summed E-state index contributed by atoms with van der Waals surface area (Å²) in [5.41, 5.74) is 0. The van der Waals surface area contributed by atoms with E-state index in [9.17, 15) is 0 Å². The van der Waals surface area contributed by atoms with Crippen molar-refractivity contribution in [3.63, 3.8) is 0 Å². The molecule has 0 heteroatoms. The number of rotatable bonds is 2. The molecule has 0 radical (unpaired) electrons. The molecule has 0 aliphatic heterocycles. The molecule has 0 unspecified atom stereocenters. The molecule has 0 fully saturated rings. The highest BCUT2D eigenvalue weighted by molar-refractivity contribution is 4.98. The lowest BCUT2D eigenvalue weighted by Gasteiger charge is -1.62. The Morgan fingerprint density at radius 3 is 1.08 bits per heavy atom. The summed E-state index contributed by atoms with van der Waals surface area (Å²) in [6.45, 7) is 13.4. The predicted octanol–water partition coefficient (Wildman–Crippen LogP) is 4.91. The summed E-state index contributed by atoms with van der Waals surface area (Å²) >= 11 is 0. The molecule has 0 saturated carbocycles. The van der Waals surface area contributed by atoms with Gasteiger partial charge in [-0.2, -0.15) is 0 Å². The van der Waals surface area contributed by atoms with Crippen molar-refractivity contribution in [3.05, 3.63) is 49.1 Å². The molecule has 0 aromatic rings. The highest BCUT2D eigenvalue weighted by Gasteiger charge is 1.48. The highest BCUT2D eigenvalue weighted by Crippen LogP contribution is 1.71. The van der Waals surface area contributed by atoms with Crippen LogP contribution in [0.3, 0.4) is 0 Å². The van der Waals surface area contributed by atoms with Crippen LogP contribution in [0.5, 0.6) is 0 Å². The second kappa shape index (κ2) is 30.6. The van der Waals surface area contributed by atoms with E-state index in [1.165, 1.54) is 0 Å². The monoisotopic (exact) mass is 180 g/mol. The summed E-state index contributed by atoms with van der Waals surface area (Å²) in [5, 5.41) is 0. The number of hydrogen-bond donors (Lipinski definition) is 0. The molecule has 0 heterocycles. The van der Waals surface area contributed by atoms with Crippen LogP contribution in [-0.2, 0) is 0 Å². The van der Waals surface area contributed by atoms with Crippen molar-refractivity contribution in [1.29, 1.82) is 0 Å². The second-order valence-corrected chi connectivity index (χ2v) is 1.81. The standard InChI is InChI=1S/C6H10.C5H8.C2H6/c1-3-5-6-4-2;1-3-5-4-2;1-2/h3-6H,1-2H3;3-5H,1H2,2H3;1-2H3/b5-3-,6-4-;5-4-;. The zero-order chi connectivity index (χ0) is 10.9. The fraction of sp³-hybridized carbons (Fsp3) is 0.385. The van der Waals surface area contributed by atoms with Gasteiger partial charge in [0.15, 0.2) is 0 Å². The lowest BCUT2D eigenvalue weighted by Crippen LogP contribution is -1.40. The van der Waals surface area contributed by atoms with E-state index >= 15 is 0 Å². The molecule has 13 heavy (non-hydrogen) atoms. The van der Waals surface area contributed by atoms with Gasteiger partial charge >= 0.3 is 0 Å². The average molecular weight is 180 g/mol. The Hall–Kier alpha value is -1.04. The van der Waals surface area contributed by atoms with Gasteiger partial charge in [0.25, 0.3) is 0 Å². The van der Waals surface area contributed by atoms with E-state index in [0.717, 1.165) is 0 Å². The molecule has 0 atom stereocenters. The van der Waals surface area contributed by atoms with E-state index in [2.05, 4.69) is 6.58 Å². The van der Waals surface area contributed by atoms with Gasteiger partial charge in [0.05, 0.1) is 0 Å². The van der Waals surface area contributed by atoms with Crippen LogP contribution in [0.4, 0.5) is 0 Å². The molecule has 0 bridgehead atoms. The molecule has 0 saturated heterocycles. The minimum Gasteiger partial charge on any atom is -0.0991 e. The van der Waals surface area contributed by atoms with Crippen LogP contribution in [0.15, 0.2) is 49.1 Å². The molecule has 76 valence electrons. The first-order chi connectivity index (χ1) is 6.33. The minimum atomic E-state index is 1.75. The molecular formula is C13H24. The molecule has 0 amide bonds. The summed E-state index contributed by atoms with van der Waals surface area (Å²) in [6, 6.07) is 0. The largest absolute Gasteiger partial charge is 0.0991 e. The molecule has 0 N–H and O–H groups in total. The van der Waals surface area contributed by atoms with Crippen molar-refractivity contribution in [1.82, 2.24) is 0 Å². The fourth-order valence-corrected chi connectivity index (χ4v) is 0.358. The Kier molecular flexibility index (Phi) is 42.1. The zero-order valence-electron chi connectivity index (χ0n) is 9.75. The molecule has 0 aliphatic rings. The third-order valence-corrected chi connectivity index (χ3v) is 0.825. The molecule has 0 aromatic heterocycles. The lowest BCUT2D eigenvalue weighted by atomic mass is 10.5. The predicted molar refractivity (Wildman–Crippen MR) is 66.0 cm³/mol. The quantitative estimate of drug-likeness (QED) is 0.529. The maximum atomic E-state index is 3.46. The van der Waals surface area contributed by atoms with Crippen LogP contribution in [-0.4, -0.2) is 0 Å². The topological polar surface area (TPSA) is 0 Å². The smallest absolute Gasteiger partial charge is 0.0467 e. The summed E-state index contributed by atoms with van der Waals surface area (Å²) in [5.74, 6) is 0. The third kappa shape index (κ3) is 56.1. The van der Waals surface area contributed by atoms with E-state index < -0.39 is 0 Å². The summed E-state index contributed by atoms with van der Waals surface area (Å²) in [7, 11) is 0. The molecule has 0 nitrogen and oxygen atoms in total. The van der Waals surface area contributed by atoms with E-state index in [-0.39, 0.29) is 0 Å². The maximum absolute atomic E-state index is 3.46. The first kappa shape index (κ1) is 17.9. The van der Waals surface area contributed by atoms with Crippen molar-refractivity contribution < 1.29 is 0 Å². The van der Waals surface area contributed by atoms with Crippen LogP contribution < -0.4 is 0 Å². The Morgan fingerprint density at radius 1 is 0.692 bits per heavy atom. The van der Waals surface area contributed by atoms with Crippen molar-refractivity contribution in [2.24, 2.45) is 0 Å². The average Bonchev–Trinajstić information content (AvgIpc) is 2.20. The van der Waals surface area contributed by atoms with Gasteiger partial charge in [0.1, 0.15) is 0 Å². The second-order valence-electron chi connectivity index (χ2n) is 1.81. The van der Waals surface area contributed by atoms with Gasteiger partial charge in [-0.15, -0.1) is 0 Å². The molecule has 0 spiro atoms. The highest BCUT2D eigenvalue weighted by atomic mass is 13.6. The van der Waals surface area contributed by atoms with Gasteiger partial charge in [0, 0.05) is 0 Å². The van der Waals surface area contributed by atoms with Crippen LogP contribution in [0.25, 0.3) is 0 Å². The van der Waals surface area contributed by atoms with Crippen LogP contribution in [0, 0.1) is 0 Å². The normalized spacial score (nSPS) is 9.31. The van der Waals surface area contributed by atoms with Gasteiger partial charge < -0.3 is 0 Å². The third-order valence-electron chi connectivity index (χ3n) is 0.825. The Bertz CT molecular complexity index is 126. The summed E-state index contributed by atoms with van der Waals surface area (Å²) < 4.78 is 0. The van der Waals surface area contributed by atoms with E-state index in [1.54, 1.807) is 6.08 Å². The summed E-state index contributed by atoms with van der Waals surface area (Å²) in [6.07, 6.45) is 13.6. The molecule has 0 aromatic carbocycles. The fourth-order valence-electron chi connectivity index (χ4n) is 0.358. The van der Waals surface area contributed by atoms with E-state index in [4.69, 9.17) is 0 Å². The van der Waals surface area contributed by atoms with E-state index in [0.29, 0.717) is 0 Å². The molecule has 0 rings (SSSR count). The zero-order valence-corrected chi connectivity index (χ0v) is 9.75. The van der Waals surface area contributed by atoms with Crippen molar-refractivity contribution in [2.45, 2.75) is 34.6 Å². The molecule has 0 aliphatic carbocycles. The Labute approximate surface area is 84.4 Å². The van der Waals surface area contributed by atoms with Gasteiger partial charge in [-0.25, -0.2) is 0 Å². The number of hydrogen-bond acceptors (Lipinski definition) is 0. The summed E-state index contributed by atoms with van der Waals surface area (Å²) in [4.78, 5) is 0. The maximum Gasteiger partial charge on any atom is -0.0467 e. The minimum absolute atomic E-state index is 1.75. The Balaban J connectivity index is -0.000000131. The van der Waals surface area contributed by atoms with Gasteiger partial charge in [-0.3, -0.25) is 0 Å². The van der Waals surface area contributed by atoms with E-state index in [1.807, 2.05) is 71.1 Å². The molecular weight excluding hydrogens is 156 g/mol. The van der Waals surface area contributed by atoms with Crippen molar-refractivity contribution >= 4 is 0 Å². The SMILES string of the molecule is C/C=C\C=C/C.C=C/C=C\C.CC. The van der Waals surface area contributed by atoms with Crippen LogP contribution in [0.1, 0.15) is 34.6 Å². The number of allylic oxidation sites excluding steroid dienone is 7. The first-order valence-electron chi connectivity index (χ1n) is 4.81. The van der Waals surface area contributed by atoms with Crippen LogP contribution in [0.2, 0.25) is 0 Å². The first-order valence-corrected chi connectivity index (χ1v) is 4.81. The van der Waals surface area contributed by atoms with Crippen molar-refractivity contribution in [2.75, 3.05) is 0 Å². The van der Waals surface area contributed by atoms with Crippen molar-refractivity contribution in [3.8, 4) is 0 Å².